The molecule has 0 heterocycles. The van der Waals surface area contributed by atoms with E-state index in [9.17, 15) is 43.2 Å². The Morgan fingerprint density at radius 3 is 0.716 bits per heavy atom. The zero-order valence-electron chi connectivity index (χ0n) is 62.0. The third-order valence-corrected chi connectivity index (χ3v) is 19.6. The van der Waals surface area contributed by atoms with Crippen molar-refractivity contribution in [3.05, 3.63) is 0 Å². The summed E-state index contributed by atoms with van der Waals surface area (Å²) >= 11 is 0. The smallest absolute Gasteiger partial charge is 0.462 e. The minimum atomic E-state index is -4.96. The van der Waals surface area contributed by atoms with Gasteiger partial charge in [-0.3, -0.25) is 37.3 Å². The Morgan fingerprint density at radius 2 is 0.484 bits per heavy atom. The van der Waals surface area contributed by atoms with Gasteiger partial charge in [-0.15, -0.1) is 0 Å². The molecule has 3 N–H and O–H groups in total. The van der Waals surface area contributed by atoms with Gasteiger partial charge in [-0.25, -0.2) is 9.13 Å². The van der Waals surface area contributed by atoms with Crippen LogP contribution < -0.4 is 0 Å². The molecular weight excluding hydrogens is 1250 g/mol. The molecule has 0 aromatic carbocycles. The van der Waals surface area contributed by atoms with Crippen molar-refractivity contribution in [2.24, 2.45) is 11.8 Å². The fraction of sp³-hybridized carbons (Fsp3) is 0.947. The van der Waals surface area contributed by atoms with Crippen molar-refractivity contribution in [1.82, 2.24) is 0 Å². The fourth-order valence-electron chi connectivity index (χ4n) is 11.7. The third kappa shape index (κ3) is 70.3. The molecule has 0 aromatic heterocycles. The first kappa shape index (κ1) is 93.1. The highest BCUT2D eigenvalue weighted by molar-refractivity contribution is 7.47. The summed E-state index contributed by atoms with van der Waals surface area (Å²) < 4.78 is 68.4. The summed E-state index contributed by atoms with van der Waals surface area (Å²) in [6.45, 7) is 9.54. The normalized spacial score (nSPS) is 14.0. The standard InChI is InChI=1S/C76H148O17P2/c1-7-9-11-13-15-17-18-19-20-26-29-32-35-41-47-53-59-74(79)87-65-71(92-75(80)60-54-48-42-36-33-30-27-24-22-21-23-25-28-31-34-38-44-50-56-68(3)4)66-90-94(82,83)88-62-70(77)63-89-95(84,85)91-67-72(64-86-73(78)58-52-46-40-16-14-12-10-8-2)93-76(81)61-55-49-43-37-39-45-51-57-69(5)6/h68-72,77H,7-67H2,1-6H3,(H,82,83)(H,84,85)/t70-,71-,72-/m1/s1. The van der Waals surface area contributed by atoms with E-state index in [1.165, 1.54) is 205 Å². The second kappa shape index (κ2) is 67.9. The van der Waals surface area contributed by atoms with E-state index in [1.807, 2.05) is 0 Å². The van der Waals surface area contributed by atoms with Gasteiger partial charge < -0.3 is 33.8 Å². The molecule has 95 heavy (non-hydrogen) atoms. The number of phosphoric acid groups is 2. The van der Waals surface area contributed by atoms with Gasteiger partial charge in [0.2, 0.25) is 0 Å². The molecule has 0 aliphatic heterocycles. The number of ether oxygens (including phenoxy) is 4. The van der Waals surface area contributed by atoms with Gasteiger partial charge in [0, 0.05) is 25.7 Å². The maximum absolute atomic E-state index is 13.1. The average molecular weight is 1400 g/mol. The number of esters is 4. The number of aliphatic hydroxyl groups excluding tert-OH is 1. The molecule has 564 valence electrons. The van der Waals surface area contributed by atoms with Crippen LogP contribution in [0.1, 0.15) is 395 Å². The first-order chi connectivity index (χ1) is 45.9. The van der Waals surface area contributed by atoms with E-state index in [4.69, 9.17) is 37.0 Å². The Morgan fingerprint density at radius 1 is 0.284 bits per heavy atom. The molecule has 0 fully saturated rings. The Bertz CT molecular complexity index is 1840. The molecule has 0 amide bonds. The number of hydrogen-bond donors (Lipinski definition) is 3. The lowest BCUT2D eigenvalue weighted by Crippen LogP contribution is -2.30. The monoisotopic (exact) mass is 1400 g/mol. The number of carbonyl (C=O) groups excluding carboxylic acids is 4. The van der Waals surface area contributed by atoms with Crippen LogP contribution >= 0.6 is 15.6 Å². The predicted molar refractivity (Wildman–Crippen MR) is 386 cm³/mol. The summed E-state index contributed by atoms with van der Waals surface area (Å²) in [5.74, 6) is -0.604. The van der Waals surface area contributed by atoms with Crippen LogP contribution in [0, 0.1) is 11.8 Å². The molecule has 0 spiro atoms. The third-order valence-electron chi connectivity index (χ3n) is 17.7. The van der Waals surface area contributed by atoms with Gasteiger partial charge in [0.05, 0.1) is 26.4 Å². The SMILES string of the molecule is CCCCCCCCCCCCCCCCCCC(=O)OC[C@H](COP(=O)(O)OC[C@@H](O)COP(=O)(O)OC[C@@H](COC(=O)CCCCCCCCCC)OC(=O)CCCCCCCCCC(C)C)OC(=O)CCCCCCCCCCCCCCCCCCCCC(C)C. The first-order valence-corrected chi connectivity index (χ1v) is 42.5. The summed E-state index contributed by atoms with van der Waals surface area (Å²) in [7, 11) is -9.90. The minimum Gasteiger partial charge on any atom is -0.462 e. The van der Waals surface area contributed by atoms with Crippen LogP contribution in [0.3, 0.4) is 0 Å². The van der Waals surface area contributed by atoms with Crippen molar-refractivity contribution >= 4 is 39.5 Å². The quantitative estimate of drug-likeness (QED) is 0.0222. The zero-order valence-corrected chi connectivity index (χ0v) is 63.8. The van der Waals surface area contributed by atoms with E-state index in [-0.39, 0.29) is 25.7 Å². The van der Waals surface area contributed by atoms with Crippen LogP contribution in [0.5, 0.6) is 0 Å². The molecule has 2 unspecified atom stereocenters. The molecule has 19 heteroatoms. The molecule has 0 bridgehead atoms. The lowest BCUT2D eigenvalue weighted by atomic mass is 10.0. The van der Waals surface area contributed by atoms with Crippen molar-refractivity contribution in [3.63, 3.8) is 0 Å². The Labute approximate surface area is 581 Å². The average Bonchev–Trinajstić information content (AvgIpc) is 1.94. The number of hydrogen-bond acceptors (Lipinski definition) is 15. The summed E-state index contributed by atoms with van der Waals surface area (Å²) in [5, 5.41) is 10.6. The molecule has 17 nitrogen and oxygen atoms in total. The van der Waals surface area contributed by atoms with Gasteiger partial charge in [-0.2, -0.15) is 0 Å². The van der Waals surface area contributed by atoms with Gasteiger partial charge in [0.1, 0.15) is 19.3 Å². The fourth-order valence-corrected chi connectivity index (χ4v) is 13.2. The van der Waals surface area contributed by atoms with Crippen molar-refractivity contribution in [2.45, 2.75) is 413 Å². The highest BCUT2D eigenvalue weighted by Crippen LogP contribution is 2.45. The maximum atomic E-state index is 13.1. The van der Waals surface area contributed by atoms with E-state index < -0.39 is 97.5 Å². The van der Waals surface area contributed by atoms with E-state index >= 15 is 0 Å². The van der Waals surface area contributed by atoms with Crippen LogP contribution in [-0.4, -0.2) is 96.7 Å². The molecule has 0 radical (unpaired) electrons. The van der Waals surface area contributed by atoms with E-state index in [0.29, 0.717) is 31.6 Å². The van der Waals surface area contributed by atoms with Gasteiger partial charge in [-0.1, -0.05) is 343 Å². The number of unbranched alkanes of at least 4 members (excludes halogenated alkanes) is 45. The van der Waals surface area contributed by atoms with Gasteiger partial charge >= 0.3 is 39.5 Å². The number of aliphatic hydroxyl groups is 1. The van der Waals surface area contributed by atoms with E-state index in [1.54, 1.807) is 0 Å². The number of carbonyl (C=O) groups is 4. The molecule has 0 aliphatic rings. The van der Waals surface area contributed by atoms with E-state index in [0.717, 1.165) is 102 Å². The van der Waals surface area contributed by atoms with Gasteiger partial charge in [-0.05, 0) is 37.5 Å². The minimum absolute atomic E-state index is 0.103. The molecule has 0 saturated heterocycles. The second-order valence-electron chi connectivity index (χ2n) is 28.3. The summed E-state index contributed by atoms with van der Waals surface area (Å²) in [6, 6.07) is 0. The van der Waals surface area contributed by atoms with Gasteiger partial charge in [0.25, 0.3) is 0 Å². The van der Waals surface area contributed by atoms with E-state index in [2.05, 4.69) is 41.5 Å². The van der Waals surface area contributed by atoms with Crippen molar-refractivity contribution in [3.8, 4) is 0 Å². The van der Waals surface area contributed by atoms with Crippen LogP contribution in [-0.2, 0) is 65.4 Å². The molecule has 0 aromatic rings. The van der Waals surface area contributed by atoms with Crippen LogP contribution in [0.25, 0.3) is 0 Å². The molecular formula is C76H148O17P2. The van der Waals surface area contributed by atoms with Crippen LogP contribution in [0.15, 0.2) is 0 Å². The molecule has 5 atom stereocenters. The van der Waals surface area contributed by atoms with Crippen molar-refractivity contribution in [2.75, 3.05) is 39.6 Å². The van der Waals surface area contributed by atoms with Crippen LogP contribution in [0.4, 0.5) is 0 Å². The highest BCUT2D eigenvalue weighted by Gasteiger charge is 2.30. The maximum Gasteiger partial charge on any atom is 0.472 e. The van der Waals surface area contributed by atoms with Crippen molar-refractivity contribution < 1.29 is 80.2 Å². The van der Waals surface area contributed by atoms with Crippen molar-refractivity contribution in [1.29, 1.82) is 0 Å². The number of phosphoric ester groups is 2. The highest BCUT2D eigenvalue weighted by atomic mass is 31.2. The second-order valence-corrected chi connectivity index (χ2v) is 31.3. The Hall–Kier alpha value is -1.94. The Kier molecular flexibility index (Phi) is 66.5. The van der Waals surface area contributed by atoms with Crippen LogP contribution in [0.2, 0.25) is 0 Å². The summed E-state index contributed by atoms with van der Waals surface area (Å²) in [4.78, 5) is 72.6. The first-order valence-electron chi connectivity index (χ1n) is 39.5. The largest absolute Gasteiger partial charge is 0.472 e. The lowest BCUT2D eigenvalue weighted by Gasteiger charge is -2.21. The molecule has 0 saturated carbocycles. The summed E-state index contributed by atoms with van der Waals surface area (Å²) in [6.07, 6.45) is 55.8. The van der Waals surface area contributed by atoms with Gasteiger partial charge in [0.15, 0.2) is 12.2 Å². The Balaban J connectivity index is 5.17. The zero-order chi connectivity index (χ0) is 70.0. The lowest BCUT2D eigenvalue weighted by molar-refractivity contribution is -0.161. The summed E-state index contributed by atoms with van der Waals surface area (Å²) in [5.41, 5.74) is 0. The molecule has 0 aliphatic carbocycles. The predicted octanol–water partition coefficient (Wildman–Crippen LogP) is 22.3. The number of rotatable bonds is 75. The molecule has 0 rings (SSSR count). The topological polar surface area (TPSA) is 237 Å².